The van der Waals surface area contributed by atoms with E-state index in [9.17, 15) is 24.6 Å². The van der Waals surface area contributed by atoms with Gasteiger partial charge >= 0.3 is 11.9 Å². The van der Waals surface area contributed by atoms with Crippen LogP contribution in [0.1, 0.15) is 61.3 Å². The monoisotopic (exact) mass is 608 g/mol. The number of methoxy groups -OCH3 is 1. The molecule has 3 radical (unpaired) electrons. The lowest BCUT2D eigenvalue weighted by atomic mass is 9.42. The van der Waals surface area contributed by atoms with Crippen molar-refractivity contribution in [3.63, 3.8) is 0 Å². The fourth-order valence-electron chi connectivity index (χ4n) is 8.62. The summed E-state index contributed by atoms with van der Waals surface area (Å²) in [5, 5.41) is 24.8. The van der Waals surface area contributed by atoms with Crippen LogP contribution in [0.2, 0.25) is 0 Å². The molecule has 4 rings (SSSR count). The number of hydrogen-bond donors (Lipinski definition) is 2. The van der Waals surface area contributed by atoms with Crippen LogP contribution in [0, 0.1) is 22.7 Å². The molecule has 3 fully saturated rings. The highest BCUT2D eigenvalue weighted by Gasteiger charge is 2.76. The van der Waals surface area contributed by atoms with E-state index in [1.165, 1.54) is 14.0 Å². The Kier molecular flexibility index (Phi) is 8.74. The molecule has 1 saturated heterocycles. The normalized spacial score (nSPS) is 42.4. The van der Waals surface area contributed by atoms with Crippen molar-refractivity contribution in [3.8, 4) is 0 Å². The lowest BCUT2D eigenvalue weighted by Crippen LogP contribution is -2.79. The topological polar surface area (TPSA) is 141 Å². The fourth-order valence-corrected chi connectivity index (χ4v) is 8.96. The Morgan fingerprint density at radius 3 is 2.31 bits per heavy atom. The highest BCUT2D eigenvalue weighted by molar-refractivity contribution is 5.99. The highest BCUT2D eigenvalue weighted by Crippen LogP contribution is 2.65. The number of aliphatic hydroxyl groups excluding tert-OH is 1. The second kappa shape index (κ2) is 11.0. The first-order chi connectivity index (χ1) is 19.4. The quantitative estimate of drug-likeness (QED) is 0.244. The molecule has 0 amide bonds. The van der Waals surface area contributed by atoms with E-state index in [4.69, 9.17) is 23.4 Å². The van der Waals surface area contributed by atoms with Crippen LogP contribution >= 0.6 is 0 Å². The minimum absolute atomic E-state index is 0.0103. The third kappa shape index (κ3) is 4.47. The number of Topliss-reactive ketones (excluding diaryl/α,β-unsaturated/α-hetero) is 1. The molecule has 1 aliphatic heterocycles. The number of likely N-dealkylation sites (N-methyl/N-ethyl adjacent to an activating group) is 1. The number of rotatable bonds is 7. The van der Waals surface area contributed by atoms with Gasteiger partial charge in [0, 0.05) is 44.2 Å². The molecule has 0 spiro atoms. The summed E-state index contributed by atoms with van der Waals surface area (Å²) >= 11 is 0. The van der Waals surface area contributed by atoms with Gasteiger partial charge in [0.25, 0.3) is 0 Å². The molecule has 42 heavy (non-hydrogen) atoms. The number of fused-ring (bicyclic) bond motifs is 5. The van der Waals surface area contributed by atoms with Crippen LogP contribution in [0.25, 0.3) is 0 Å². The van der Waals surface area contributed by atoms with Crippen molar-refractivity contribution in [2.75, 3.05) is 27.8 Å². The van der Waals surface area contributed by atoms with Gasteiger partial charge in [0.2, 0.25) is 10.5 Å². The largest absolute Gasteiger partial charge is 0.456 e. The number of carbonyl (C=O) groups is 3. The minimum atomic E-state index is -1.65. The zero-order valence-corrected chi connectivity index (χ0v) is 27.3. The van der Waals surface area contributed by atoms with Gasteiger partial charge in [-0.25, -0.2) is 4.79 Å². The number of carbonyl (C=O) groups excluding carboxylic acids is 3. The molecule has 2 bridgehead atoms. The first kappa shape index (κ1) is 33.2. The third-order valence-electron chi connectivity index (χ3n) is 11.3. The minimum Gasteiger partial charge on any atom is -0.456 e. The first-order valence-corrected chi connectivity index (χ1v) is 15.0. The Morgan fingerprint density at radius 2 is 1.83 bits per heavy atom. The molecule has 235 valence electrons. The molecule has 3 aliphatic carbocycles. The molecule has 0 aromatic heterocycles. The Morgan fingerprint density at radius 1 is 1.21 bits per heavy atom. The molecule has 0 aromatic carbocycles. The van der Waals surface area contributed by atoms with E-state index < -0.39 is 82.1 Å². The van der Waals surface area contributed by atoms with Gasteiger partial charge in [0.1, 0.15) is 18.3 Å². The number of hydrogen-bond acceptors (Lipinski definition) is 11. The lowest BCUT2D eigenvalue weighted by molar-refractivity contribution is -0.336. The number of ether oxygens (including phenoxy) is 4. The van der Waals surface area contributed by atoms with Crippen molar-refractivity contribution in [3.05, 3.63) is 11.1 Å². The number of ketones is 1. The summed E-state index contributed by atoms with van der Waals surface area (Å²) in [6, 6.07) is -0.307. The number of nitrogens with zero attached hydrogens (tertiary/aromatic N) is 1. The van der Waals surface area contributed by atoms with Gasteiger partial charge in [-0.05, 0) is 51.9 Å². The summed E-state index contributed by atoms with van der Waals surface area (Å²) in [5.41, 5.74) is -4.57. The van der Waals surface area contributed by atoms with Gasteiger partial charge in [-0.1, -0.05) is 20.8 Å². The second-order valence-corrected chi connectivity index (χ2v) is 13.9. The third-order valence-corrected chi connectivity index (χ3v) is 11.5. The summed E-state index contributed by atoms with van der Waals surface area (Å²) < 4.78 is 29.1. The maximum atomic E-state index is 14.6. The molecular formula is C30H46NO10Si. The molecule has 1 heterocycles. The summed E-state index contributed by atoms with van der Waals surface area (Å²) in [4.78, 5) is 42.3. The zero-order valence-electron chi connectivity index (χ0n) is 26.3. The van der Waals surface area contributed by atoms with Crippen molar-refractivity contribution in [1.82, 2.24) is 4.90 Å². The standard InChI is InChI=1S/C30H46NO10Si/c1-14-18(39-26(35)23(37-10)16(3)31(8)9)12-30(36)15(2)24-28(7,25(34)22(33)21(14)27(30,5)6)19(41-42)11-20-29(24,13-38-20)40-17(4)32/h15-16,18-20,22-24,33,36H,11-13H2,1-10H3/t15-,16?,18?,19?,20?,22?,23?,24?,28+,29?,30?/m0/s1. The van der Waals surface area contributed by atoms with Crippen LogP contribution < -0.4 is 0 Å². The molecule has 12 heteroatoms. The van der Waals surface area contributed by atoms with Crippen LogP contribution in [-0.2, 0) is 37.8 Å². The van der Waals surface area contributed by atoms with Crippen molar-refractivity contribution < 1.29 is 48.0 Å². The van der Waals surface area contributed by atoms with Crippen molar-refractivity contribution in [2.24, 2.45) is 22.7 Å². The molecular weight excluding hydrogens is 562 g/mol. The highest BCUT2D eigenvalue weighted by atomic mass is 28.2. The number of esters is 2. The molecule has 2 N–H and O–H groups in total. The maximum Gasteiger partial charge on any atom is 0.337 e. The van der Waals surface area contributed by atoms with E-state index in [-0.39, 0.29) is 25.5 Å². The molecule has 11 atom stereocenters. The smallest absolute Gasteiger partial charge is 0.337 e. The molecule has 2 saturated carbocycles. The van der Waals surface area contributed by atoms with E-state index in [1.807, 2.05) is 32.8 Å². The van der Waals surface area contributed by atoms with Crippen molar-refractivity contribution in [2.45, 2.75) is 109 Å². The molecule has 0 aromatic rings. The van der Waals surface area contributed by atoms with Crippen LogP contribution in [0.3, 0.4) is 0 Å². The van der Waals surface area contributed by atoms with Crippen LogP contribution in [0.4, 0.5) is 0 Å². The first-order valence-electron chi connectivity index (χ1n) is 14.6. The van der Waals surface area contributed by atoms with Gasteiger partial charge in [0.15, 0.2) is 17.5 Å². The Labute approximate surface area is 251 Å². The summed E-state index contributed by atoms with van der Waals surface area (Å²) in [6.07, 6.45) is -4.62. The lowest BCUT2D eigenvalue weighted by Gasteiger charge is -2.68. The van der Waals surface area contributed by atoms with E-state index in [1.54, 1.807) is 27.7 Å². The van der Waals surface area contributed by atoms with E-state index in [0.717, 1.165) is 0 Å². The molecule has 9 unspecified atom stereocenters. The zero-order chi connectivity index (χ0) is 31.7. The second-order valence-electron chi connectivity index (χ2n) is 13.6. The predicted molar refractivity (Wildman–Crippen MR) is 151 cm³/mol. The summed E-state index contributed by atoms with van der Waals surface area (Å²) in [6.45, 7) is 12.0. The van der Waals surface area contributed by atoms with E-state index in [0.29, 0.717) is 11.1 Å². The predicted octanol–water partition coefficient (Wildman–Crippen LogP) is 1.12. The summed E-state index contributed by atoms with van der Waals surface area (Å²) in [5.74, 6) is -3.20. The van der Waals surface area contributed by atoms with Gasteiger partial charge in [0.05, 0.1) is 23.7 Å². The van der Waals surface area contributed by atoms with E-state index >= 15 is 0 Å². The van der Waals surface area contributed by atoms with Gasteiger partial charge < -0.3 is 38.5 Å². The number of aliphatic hydroxyl groups is 2. The Hall–Kier alpha value is -1.67. The molecule has 4 aliphatic rings. The Balaban J connectivity index is 1.91. The van der Waals surface area contributed by atoms with Gasteiger partial charge in [-0.15, -0.1) is 0 Å². The SMILES string of the molecule is COC(C(=O)OC1CC2(O)[C@@H](C)C3C4(OC(C)=O)COC4CC(O[Si])[C@@]3(C)C(=O)C(O)C(=C1C)C2(C)C)C(C)N(C)C. The van der Waals surface area contributed by atoms with E-state index in [2.05, 4.69) is 10.5 Å². The van der Waals surface area contributed by atoms with Crippen LogP contribution in [-0.4, -0.2) is 119 Å². The van der Waals surface area contributed by atoms with Crippen LogP contribution in [0.5, 0.6) is 0 Å². The molecule has 11 nitrogen and oxygen atoms in total. The average molecular weight is 609 g/mol. The van der Waals surface area contributed by atoms with Crippen LogP contribution in [0.15, 0.2) is 11.1 Å². The maximum absolute atomic E-state index is 14.6. The van der Waals surface area contributed by atoms with Crippen molar-refractivity contribution in [1.29, 1.82) is 0 Å². The fraction of sp³-hybridized carbons (Fsp3) is 0.833. The average Bonchev–Trinajstić information content (AvgIpc) is 2.89. The van der Waals surface area contributed by atoms with Crippen molar-refractivity contribution >= 4 is 28.2 Å². The van der Waals surface area contributed by atoms with Gasteiger partial charge in [-0.3, -0.25) is 9.59 Å². The Bertz CT molecular complexity index is 1160. The summed E-state index contributed by atoms with van der Waals surface area (Å²) in [7, 11) is 8.25. The van der Waals surface area contributed by atoms with Gasteiger partial charge in [-0.2, -0.15) is 0 Å².